The molecule has 190 valence electrons. The highest BCUT2D eigenvalue weighted by Gasteiger charge is 2.33. The van der Waals surface area contributed by atoms with E-state index in [0.717, 1.165) is 50.8 Å². The summed E-state index contributed by atoms with van der Waals surface area (Å²) in [6.45, 7) is 5.10. The lowest BCUT2D eigenvalue weighted by Gasteiger charge is -2.38. The number of ether oxygens (including phenoxy) is 3. The number of amides is 1. The molecular formula is C32H33NO4. The number of rotatable bonds is 7. The largest absolute Gasteiger partial charge is 0.493 e. The van der Waals surface area contributed by atoms with Crippen LogP contribution in [-0.4, -0.2) is 38.2 Å². The molecule has 1 aliphatic heterocycles. The molecule has 1 unspecified atom stereocenters. The van der Waals surface area contributed by atoms with Crippen molar-refractivity contribution in [2.45, 2.75) is 32.7 Å². The van der Waals surface area contributed by atoms with Crippen LogP contribution in [0.15, 0.2) is 72.8 Å². The van der Waals surface area contributed by atoms with Gasteiger partial charge in [-0.2, -0.15) is 0 Å². The standard InChI is InChI=1S/C32H33NO4/c1-21-14-22(2)16-26(15-21)37-20-29-28-19-31(36-4)30(35-3)17-25(28)12-13-33(29)32(34)18-24-10-7-9-23-8-5-6-11-27(23)24/h5-11,14-17,19,29H,12-13,18,20H2,1-4H3. The highest BCUT2D eigenvalue weighted by molar-refractivity contribution is 5.90. The summed E-state index contributed by atoms with van der Waals surface area (Å²) in [5.74, 6) is 2.25. The molecule has 1 aliphatic rings. The van der Waals surface area contributed by atoms with E-state index in [1.165, 1.54) is 0 Å². The fraction of sp³-hybridized carbons (Fsp3) is 0.281. The van der Waals surface area contributed by atoms with Gasteiger partial charge in [-0.05, 0) is 83.1 Å². The van der Waals surface area contributed by atoms with Gasteiger partial charge in [0.25, 0.3) is 0 Å². The van der Waals surface area contributed by atoms with Crippen LogP contribution in [0.5, 0.6) is 17.2 Å². The molecule has 5 nitrogen and oxygen atoms in total. The van der Waals surface area contributed by atoms with Gasteiger partial charge in [0, 0.05) is 6.54 Å². The highest BCUT2D eigenvalue weighted by atomic mass is 16.5. The van der Waals surface area contributed by atoms with Crippen molar-refractivity contribution in [2.24, 2.45) is 0 Å². The Kier molecular flexibility index (Phi) is 7.04. The van der Waals surface area contributed by atoms with E-state index in [1.807, 2.05) is 53.4 Å². The van der Waals surface area contributed by atoms with Crippen LogP contribution >= 0.6 is 0 Å². The number of hydrogen-bond acceptors (Lipinski definition) is 4. The monoisotopic (exact) mass is 495 g/mol. The van der Waals surface area contributed by atoms with Crippen LogP contribution in [0.25, 0.3) is 10.8 Å². The summed E-state index contributed by atoms with van der Waals surface area (Å²) in [5, 5.41) is 2.26. The van der Waals surface area contributed by atoms with Crippen LogP contribution < -0.4 is 14.2 Å². The molecule has 1 heterocycles. The van der Waals surface area contributed by atoms with E-state index < -0.39 is 0 Å². The lowest BCUT2D eigenvalue weighted by molar-refractivity contribution is -0.134. The third-order valence-electron chi connectivity index (χ3n) is 7.15. The zero-order valence-corrected chi connectivity index (χ0v) is 21.9. The molecule has 5 heteroatoms. The summed E-state index contributed by atoms with van der Waals surface area (Å²) < 4.78 is 17.5. The summed E-state index contributed by atoms with van der Waals surface area (Å²) in [6, 6.07) is 24.4. The first-order chi connectivity index (χ1) is 18.0. The van der Waals surface area contributed by atoms with E-state index >= 15 is 0 Å². The van der Waals surface area contributed by atoms with Crippen LogP contribution in [0.4, 0.5) is 0 Å². The van der Waals surface area contributed by atoms with Crippen molar-refractivity contribution in [3.05, 3.63) is 101 Å². The van der Waals surface area contributed by atoms with Gasteiger partial charge in [0.05, 0.1) is 26.7 Å². The molecule has 1 amide bonds. The Morgan fingerprint density at radius 2 is 1.59 bits per heavy atom. The first kappa shape index (κ1) is 24.7. The maximum absolute atomic E-state index is 13.8. The third-order valence-corrected chi connectivity index (χ3v) is 7.15. The number of carbonyl (C=O) groups is 1. The predicted molar refractivity (Wildman–Crippen MR) is 147 cm³/mol. The minimum Gasteiger partial charge on any atom is -0.493 e. The van der Waals surface area contributed by atoms with Gasteiger partial charge in [-0.1, -0.05) is 48.5 Å². The Balaban J connectivity index is 1.49. The second kappa shape index (κ2) is 10.6. The molecule has 0 N–H and O–H groups in total. The second-order valence-electron chi connectivity index (χ2n) is 9.71. The molecule has 0 fully saturated rings. The van der Waals surface area contributed by atoms with Gasteiger partial charge in [0.2, 0.25) is 5.91 Å². The van der Waals surface area contributed by atoms with Gasteiger partial charge in [0.15, 0.2) is 11.5 Å². The molecular weight excluding hydrogens is 462 g/mol. The average Bonchev–Trinajstić information content (AvgIpc) is 2.90. The van der Waals surface area contributed by atoms with Crippen molar-refractivity contribution in [2.75, 3.05) is 27.4 Å². The van der Waals surface area contributed by atoms with E-state index in [4.69, 9.17) is 14.2 Å². The van der Waals surface area contributed by atoms with E-state index in [1.54, 1.807) is 14.2 Å². The lowest BCUT2D eigenvalue weighted by Crippen LogP contribution is -2.43. The zero-order chi connectivity index (χ0) is 25.9. The van der Waals surface area contributed by atoms with Gasteiger partial charge in [-0.15, -0.1) is 0 Å². The molecule has 0 saturated heterocycles. The second-order valence-corrected chi connectivity index (χ2v) is 9.71. The van der Waals surface area contributed by atoms with Crippen LogP contribution in [-0.2, 0) is 17.6 Å². The first-order valence-electron chi connectivity index (χ1n) is 12.7. The number of nitrogens with zero attached hydrogens (tertiary/aromatic N) is 1. The fourth-order valence-electron chi connectivity index (χ4n) is 5.41. The molecule has 37 heavy (non-hydrogen) atoms. The van der Waals surface area contributed by atoms with Crippen LogP contribution in [0.2, 0.25) is 0 Å². The van der Waals surface area contributed by atoms with Gasteiger partial charge in [-0.3, -0.25) is 4.79 Å². The van der Waals surface area contributed by atoms with E-state index in [-0.39, 0.29) is 11.9 Å². The van der Waals surface area contributed by atoms with Gasteiger partial charge in [0.1, 0.15) is 12.4 Å². The number of methoxy groups -OCH3 is 2. The molecule has 0 spiro atoms. The summed E-state index contributed by atoms with van der Waals surface area (Å²) in [4.78, 5) is 15.8. The summed E-state index contributed by atoms with van der Waals surface area (Å²) in [5.41, 5.74) is 5.53. The number of aryl methyl sites for hydroxylation is 2. The minimum absolute atomic E-state index is 0.0887. The van der Waals surface area contributed by atoms with Gasteiger partial charge >= 0.3 is 0 Å². The fourth-order valence-corrected chi connectivity index (χ4v) is 5.41. The van der Waals surface area contributed by atoms with E-state index in [0.29, 0.717) is 31.1 Å². The van der Waals surface area contributed by atoms with Crippen molar-refractivity contribution in [3.8, 4) is 17.2 Å². The van der Waals surface area contributed by atoms with Crippen LogP contribution in [0.3, 0.4) is 0 Å². The Hall–Kier alpha value is -3.99. The molecule has 0 aliphatic carbocycles. The first-order valence-corrected chi connectivity index (χ1v) is 12.7. The van der Waals surface area contributed by atoms with E-state index in [2.05, 4.69) is 38.1 Å². The molecule has 0 radical (unpaired) electrons. The van der Waals surface area contributed by atoms with Crippen molar-refractivity contribution in [3.63, 3.8) is 0 Å². The van der Waals surface area contributed by atoms with Crippen molar-refractivity contribution < 1.29 is 19.0 Å². The van der Waals surface area contributed by atoms with Gasteiger partial charge < -0.3 is 19.1 Å². The summed E-state index contributed by atoms with van der Waals surface area (Å²) in [6.07, 6.45) is 1.08. The maximum Gasteiger partial charge on any atom is 0.227 e. The third kappa shape index (κ3) is 5.12. The molecule has 4 aromatic carbocycles. The molecule has 4 aromatic rings. The van der Waals surface area contributed by atoms with Crippen LogP contribution in [0.1, 0.15) is 33.9 Å². The number of fused-ring (bicyclic) bond motifs is 2. The Morgan fingerprint density at radius 1 is 0.892 bits per heavy atom. The molecule has 1 atom stereocenters. The Bertz CT molecular complexity index is 1420. The van der Waals surface area contributed by atoms with E-state index in [9.17, 15) is 4.79 Å². The number of benzene rings is 4. The quantitative estimate of drug-likeness (QED) is 0.305. The van der Waals surface area contributed by atoms with Crippen molar-refractivity contribution >= 4 is 16.7 Å². The maximum atomic E-state index is 13.8. The van der Waals surface area contributed by atoms with Crippen LogP contribution in [0, 0.1) is 13.8 Å². The molecule has 5 rings (SSSR count). The zero-order valence-electron chi connectivity index (χ0n) is 21.9. The summed E-state index contributed by atoms with van der Waals surface area (Å²) in [7, 11) is 3.28. The molecule has 0 aromatic heterocycles. The normalized spacial score (nSPS) is 14.8. The average molecular weight is 496 g/mol. The molecule has 0 bridgehead atoms. The molecule has 0 saturated carbocycles. The number of hydrogen-bond donors (Lipinski definition) is 0. The SMILES string of the molecule is COc1cc2c(cc1OC)C(COc1cc(C)cc(C)c1)N(C(=O)Cc1cccc3ccccc13)CC2. The topological polar surface area (TPSA) is 48.0 Å². The van der Waals surface area contributed by atoms with Crippen molar-refractivity contribution in [1.82, 2.24) is 4.90 Å². The Labute approximate surface area is 218 Å². The smallest absolute Gasteiger partial charge is 0.227 e. The van der Waals surface area contributed by atoms with Gasteiger partial charge in [-0.25, -0.2) is 0 Å². The van der Waals surface area contributed by atoms with Crippen molar-refractivity contribution in [1.29, 1.82) is 0 Å². The number of carbonyl (C=O) groups excluding carboxylic acids is 1. The Morgan fingerprint density at radius 3 is 2.35 bits per heavy atom. The minimum atomic E-state index is -0.244. The predicted octanol–water partition coefficient (Wildman–Crippen LogP) is 6.22. The highest BCUT2D eigenvalue weighted by Crippen LogP contribution is 2.39. The lowest BCUT2D eigenvalue weighted by atomic mass is 9.91. The summed E-state index contributed by atoms with van der Waals surface area (Å²) >= 11 is 0.